The summed E-state index contributed by atoms with van der Waals surface area (Å²) < 4.78 is 2.91. The summed E-state index contributed by atoms with van der Waals surface area (Å²) in [6.45, 7) is 6.22. The molecule has 1 heterocycles. The van der Waals surface area contributed by atoms with Gasteiger partial charge < -0.3 is 5.32 Å². The zero-order valence-electron chi connectivity index (χ0n) is 16.0. The van der Waals surface area contributed by atoms with Gasteiger partial charge in [-0.1, -0.05) is 78.3 Å². The lowest BCUT2D eigenvalue weighted by Gasteiger charge is -2.16. The van der Waals surface area contributed by atoms with E-state index in [4.69, 9.17) is 35.4 Å². The van der Waals surface area contributed by atoms with Gasteiger partial charge in [0.2, 0.25) is 5.91 Å². The van der Waals surface area contributed by atoms with Gasteiger partial charge in [0, 0.05) is 5.69 Å². The summed E-state index contributed by atoms with van der Waals surface area (Å²) in [4.78, 5) is 12.5. The molecule has 0 unspecified atom stereocenters. The molecule has 4 nitrogen and oxygen atoms in total. The highest BCUT2D eigenvalue weighted by molar-refractivity contribution is 8.01. The smallest absolute Gasteiger partial charge is 0.234 e. The van der Waals surface area contributed by atoms with Crippen molar-refractivity contribution >= 4 is 70.1 Å². The number of benzene rings is 2. The van der Waals surface area contributed by atoms with E-state index in [0.717, 1.165) is 22.5 Å². The minimum atomic E-state index is -0.0756. The Morgan fingerprint density at radius 1 is 1.28 bits per heavy atom. The normalized spacial score (nSPS) is 11.1. The van der Waals surface area contributed by atoms with Gasteiger partial charge >= 0.3 is 0 Å². The van der Waals surface area contributed by atoms with Gasteiger partial charge in [-0.25, -0.2) is 4.68 Å². The third kappa shape index (κ3) is 5.41. The van der Waals surface area contributed by atoms with Crippen molar-refractivity contribution in [3.05, 3.63) is 61.5 Å². The third-order valence-electron chi connectivity index (χ3n) is 4.20. The minimum Gasteiger partial charge on any atom is -0.325 e. The molecule has 1 aromatic heterocycles. The Balaban J connectivity index is 1.71. The van der Waals surface area contributed by atoms with Gasteiger partial charge in [0.1, 0.15) is 0 Å². The van der Waals surface area contributed by atoms with Gasteiger partial charge in [-0.15, -0.1) is 5.10 Å². The fourth-order valence-corrected chi connectivity index (χ4v) is 5.20. The molecule has 0 fully saturated rings. The monoisotopic (exact) mass is 483 g/mol. The van der Waals surface area contributed by atoms with Crippen LogP contribution in [0, 0.1) is 10.9 Å². The molecule has 0 saturated heterocycles. The lowest BCUT2D eigenvalue weighted by atomic mass is 9.98. The van der Waals surface area contributed by atoms with Crippen LogP contribution in [-0.4, -0.2) is 21.4 Å². The van der Waals surface area contributed by atoms with E-state index in [-0.39, 0.29) is 11.7 Å². The highest BCUT2D eigenvalue weighted by Crippen LogP contribution is 2.30. The van der Waals surface area contributed by atoms with E-state index in [0.29, 0.717) is 24.3 Å². The molecule has 152 valence electrons. The molecular formula is C20H19Cl2N3OS3. The van der Waals surface area contributed by atoms with E-state index >= 15 is 0 Å². The number of anilines is 1. The second-order valence-electron chi connectivity index (χ2n) is 6.67. The predicted molar refractivity (Wildman–Crippen MR) is 127 cm³/mol. The van der Waals surface area contributed by atoms with Crippen molar-refractivity contribution in [1.82, 2.24) is 9.78 Å². The number of para-hydroxylation sites is 1. The number of aryl methyl sites for hydroxylation is 1. The molecule has 0 atom stereocenters. The average Bonchev–Trinajstić information content (AvgIpc) is 3.04. The fraction of sp³-hybridized carbons (Fsp3) is 0.250. The highest BCUT2D eigenvalue weighted by atomic mass is 35.5. The van der Waals surface area contributed by atoms with E-state index < -0.39 is 0 Å². The molecule has 0 aliphatic carbocycles. The van der Waals surface area contributed by atoms with Crippen molar-refractivity contribution in [1.29, 1.82) is 0 Å². The summed E-state index contributed by atoms with van der Waals surface area (Å²) in [5.74, 6) is 0.494. The Morgan fingerprint density at radius 3 is 2.72 bits per heavy atom. The fourth-order valence-electron chi connectivity index (χ4n) is 2.74. The Labute approximate surface area is 193 Å². The number of halogens is 2. The van der Waals surface area contributed by atoms with Crippen LogP contribution in [0.4, 0.5) is 5.69 Å². The molecule has 9 heteroatoms. The molecule has 29 heavy (non-hydrogen) atoms. The van der Waals surface area contributed by atoms with E-state index in [1.165, 1.54) is 23.1 Å². The third-order valence-corrected chi connectivity index (χ3v) is 7.30. The van der Waals surface area contributed by atoms with Crippen LogP contribution in [0.3, 0.4) is 0 Å². The molecule has 1 N–H and O–H groups in total. The molecule has 1 amide bonds. The first-order chi connectivity index (χ1) is 13.8. The topological polar surface area (TPSA) is 46.9 Å². The lowest BCUT2D eigenvalue weighted by Crippen LogP contribution is -2.16. The number of hydrogen-bond donors (Lipinski definition) is 1. The van der Waals surface area contributed by atoms with Crippen molar-refractivity contribution in [2.75, 3.05) is 11.1 Å². The lowest BCUT2D eigenvalue weighted by molar-refractivity contribution is -0.113. The Morgan fingerprint density at radius 2 is 2.03 bits per heavy atom. The van der Waals surface area contributed by atoms with Gasteiger partial charge in [-0.2, -0.15) is 0 Å². The maximum Gasteiger partial charge on any atom is 0.234 e. The van der Waals surface area contributed by atoms with Crippen LogP contribution in [0.25, 0.3) is 5.69 Å². The summed E-state index contributed by atoms with van der Waals surface area (Å²) in [5.41, 5.74) is 3.80. The zero-order chi connectivity index (χ0) is 21.1. The predicted octanol–water partition coefficient (Wildman–Crippen LogP) is 7.13. The second kappa shape index (κ2) is 9.62. The Hall–Kier alpha value is -1.38. The van der Waals surface area contributed by atoms with Crippen molar-refractivity contribution in [3.63, 3.8) is 0 Å². The van der Waals surface area contributed by atoms with Crippen LogP contribution < -0.4 is 5.32 Å². The van der Waals surface area contributed by atoms with Gasteiger partial charge in [-0.05, 0) is 54.4 Å². The van der Waals surface area contributed by atoms with Crippen molar-refractivity contribution in [2.45, 2.75) is 31.0 Å². The molecule has 2 aromatic carbocycles. The van der Waals surface area contributed by atoms with E-state index in [2.05, 4.69) is 24.3 Å². The zero-order valence-corrected chi connectivity index (χ0v) is 20.0. The van der Waals surface area contributed by atoms with Crippen molar-refractivity contribution in [3.8, 4) is 5.69 Å². The summed E-state index contributed by atoms with van der Waals surface area (Å²) in [5, 5.41) is 8.46. The summed E-state index contributed by atoms with van der Waals surface area (Å²) in [6, 6.07) is 11.3. The molecule has 0 bridgehead atoms. The minimum absolute atomic E-state index is 0.0756. The average molecular weight is 484 g/mol. The highest BCUT2D eigenvalue weighted by Gasteiger charge is 2.14. The number of nitrogens with one attached hydrogen (secondary N) is 1. The SMILES string of the molecule is Cc1cccc(C(C)C)c1NC(=O)CSc1nn(-c2ccc(Cl)c(Cl)c2)c(=S)s1. The summed E-state index contributed by atoms with van der Waals surface area (Å²) in [7, 11) is 0. The standard InChI is InChI=1S/C20H19Cl2N3OS3/c1-11(2)14-6-4-5-12(3)18(14)23-17(26)10-28-19-24-25(20(27)29-19)13-7-8-15(21)16(22)9-13/h4-9,11H,10H2,1-3H3,(H,23,26). The number of carbonyl (C=O) groups is 1. The van der Waals surface area contributed by atoms with E-state index in [9.17, 15) is 4.79 Å². The summed E-state index contributed by atoms with van der Waals surface area (Å²) >= 11 is 20.2. The van der Waals surface area contributed by atoms with Crippen LogP contribution in [0.1, 0.15) is 30.9 Å². The molecule has 0 aliphatic rings. The molecule has 0 saturated carbocycles. The van der Waals surface area contributed by atoms with Crippen molar-refractivity contribution in [2.24, 2.45) is 0 Å². The van der Waals surface area contributed by atoms with E-state index in [1.807, 2.05) is 25.1 Å². The van der Waals surface area contributed by atoms with Gasteiger partial charge in [0.25, 0.3) is 0 Å². The number of rotatable bonds is 6. The molecule has 0 radical (unpaired) electrons. The first kappa shape index (κ1) is 22.3. The van der Waals surface area contributed by atoms with Gasteiger partial charge in [0.15, 0.2) is 8.29 Å². The second-order valence-corrected chi connectivity index (χ2v) is 10.3. The quantitative estimate of drug-likeness (QED) is 0.299. The molecule has 3 rings (SSSR count). The van der Waals surface area contributed by atoms with E-state index in [1.54, 1.807) is 22.9 Å². The van der Waals surface area contributed by atoms with Gasteiger partial charge in [0.05, 0.1) is 21.5 Å². The first-order valence-corrected chi connectivity index (χ1v) is 11.8. The number of aromatic nitrogens is 2. The van der Waals surface area contributed by atoms with Crippen LogP contribution in [0.2, 0.25) is 10.0 Å². The molecule has 0 spiro atoms. The van der Waals surface area contributed by atoms with Crippen LogP contribution in [0.15, 0.2) is 40.7 Å². The molecule has 3 aromatic rings. The Bertz CT molecular complexity index is 1110. The largest absolute Gasteiger partial charge is 0.325 e. The Kier molecular flexibility index (Phi) is 7.40. The van der Waals surface area contributed by atoms with Crippen molar-refractivity contribution < 1.29 is 4.79 Å². The maximum atomic E-state index is 12.5. The van der Waals surface area contributed by atoms with Crippen LogP contribution >= 0.6 is 58.5 Å². The molecular weight excluding hydrogens is 465 g/mol. The maximum absolute atomic E-state index is 12.5. The summed E-state index contributed by atoms with van der Waals surface area (Å²) in [6.07, 6.45) is 0. The first-order valence-electron chi connectivity index (χ1n) is 8.84. The number of thioether (sulfide) groups is 1. The number of amides is 1. The number of hydrogen-bond acceptors (Lipinski definition) is 5. The number of carbonyl (C=O) groups excluding carboxylic acids is 1. The van der Waals surface area contributed by atoms with Gasteiger partial charge in [-0.3, -0.25) is 4.79 Å². The molecule has 0 aliphatic heterocycles. The van der Waals surface area contributed by atoms with Crippen LogP contribution in [-0.2, 0) is 4.79 Å². The van der Waals surface area contributed by atoms with Crippen LogP contribution in [0.5, 0.6) is 0 Å². The number of nitrogens with zero attached hydrogens (tertiary/aromatic N) is 2.